The Balaban J connectivity index is 1.95. The maximum Gasteiger partial charge on any atom is 0.172 e. The Labute approximate surface area is 114 Å². The topological polar surface area (TPSA) is 52.3 Å². The third kappa shape index (κ3) is 2.01. The van der Waals surface area contributed by atoms with Gasteiger partial charge in [0.1, 0.15) is 0 Å². The molecule has 3 nitrogen and oxygen atoms in total. The van der Waals surface area contributed by atoms with E-state index >= 15 is 0 Å². The molecule has 1 saturated heterocycles. The van der Waals surface area contributed by atoms with Gasteiger partial charge in [-0.25, -0.2) is 0 Å². The lowest BCUT2D eigenvalue weighted by atomic mass is 9.73. The van der Waals surface area contributed by atoms with Crippen molar-refractivity contribution in [1.82, 2.24) is 0 Å². The van der Waals surface area contributed by atoms with Crippen molar-refractivity contribution in [3.8, 4) is 0 Å². The summed E-state index contributed by atoms with van der Waals surface area (Å²) < 4.78 is 5.41. The number of hydrogen-bond donors (Lipinski definition) is 1. The fraction of sp³-hybridized carbons (Fsp3) is 0.562. The quantitative estimate of drug-likeness (QED) is 0.848. The van der Waals surface area contributed by atoms with Gasteiger partial charge in [-0.15, -0.1) is 0 Å². The molecule has 2 fully saturated rings. The van der Waals surface area contributed by atoms with E-state index in [1.54, 1.807) is 0 Å². The van der Waals surface area contributed by atoms with Crippen LogP contribution in [-0.2, 0) is 4.74 Å². The molecule has 0 radical (unpaired) electrons. The Morgan fingerprint density at radius 3 is 2.68 bits per heavy atom. The molecule has 102 valence electrons. The zero-order chi connectivity index (χ0) is 13.5. The number of Topliss-reactive ketones (excluding diaryl/α,β-unsaturated/α-hetero) is 1. The molecule has 2 N–H and O–H groups in total. The second-order valence-electron chi connectivity index (χ2n) is 6.08. The first-order valence-electron chi connectivity index (χ1n) is 7.10. The van der Waals surface area contributed by atoms with Gasteiger partial charge in [0, 0.05) is 11.6 Å². The van der Waals surface area contributed by atoms with Crippen molar-refractivity contribution in [3.05, 3.63) is 35.4 Å². The van der Waals surface area contributed by atoms with Crippen molar-refractivity contribution in [2.45, 2.75) is 38.1 Å². The molecule has 0 bridgehead atoms. The standard InChI is InChI=1S/C16H21NO2/c1-16(10-19-9-14(16)17)15(18)13-8-3-2-7-12(13)11-5-4-6-11/h2-3,7-8,11,14H,4-6,9-10,17H2,1H3. The van der Waals surface area contributed by atoms with Crippen molar-refractivity contribution >= 4 is 5.78 Å². The number of ether oxygens (including phenoxy) is 1. The predicted molar refractivity (Wildman–Crippen MR) is 74.3 cm³/mol. The molecule has 1 aliphatic heterocycles. The second-order valence-corrected chi connectivity index (χ2v) is 6.08. The fourth-order valence-corrected chi connectivity index (χ4v) is 3.01. The van der Waals surface area contributed by atoms with Gasteiger partial charge >= 0.3 is 0 Å². The van der Waals surface area contributed by atoms with Crippen LogP contribution in [0.2, 0.25) is 0 Å². The highest BCUT2D eigenvalue weighted by molar-refractivity contribution is 6.02. The third-order valence-electron chi connectivity index (χ3n) is 4.79. The second kappa shape index (κ2) is 4.73. The van der Waals surface area contributed by atoms with Gasteiger partial charge in [-0.3, -0.25) is 4.79 Å². The van der Waals surface area contributed by atoms with Crippen LogP contribution >= 0.6 is 0 Å². The molecule has 3 heteroatoms. The number of benzene rings is 1. The molecule has 19 heavy (non-hydrogen) atoms. The van der Waals surface area contributed by atoms with Gasteiger partial charge in [0.15, 0.2) is 5.78 Å². The summed E-state index contributed by atoms with van der Waals surface area (Å²) >= 11 is 0. The summed E-state index contributed by atoms with van der Waals surface area (Å²) in [4.78, 5) is 12.9. The van der Waals surface area contributed by atoms with Crippen LogP contribution in [-0.4, -0.2) is 25.0 Å². The average molecular weight is 259 g/mol. The molecule has 1 aliphatic carbocycles. The van der Waals surface area contributed by atoms with Crippen molar-refractivity contribution in [3.63, 3.8) is 0 Å². The first-order valence-corrected chi connectivity index (χ1v) is 7.10. The van der Waals surface area contributed by atoms with Crippen molar-refractivity contribution in [2.75, 3.05) is 13.2 Å². The van der Waals surface area contributed by atoms with E-state index < -0.39 is 5.41 Å². The molecule has 3 rings (SSSR count). The van der Waals surface area contributed by atoms with E-state index in [1.165, 1.54) is 24.8 Å². The summed E-state index contributed by atoms with van der Waals surface area (Å²) in [6, 6.07) is 7.82. The highest BCUT2D eigenvalue weighted by Crippen LogP contribution is 2.40. The molecule has 2 aliphatic rings. The van der Waals surface area contributed by atoms with Gasteiger partial charge in [-0.2, -0.15) is 0 Å². The summed E-state index contributed by atoms with van der Waals surface area (Å²) in [7, 11) is 0. The molecule has 2 atom stereocenters. The zero-order valence-corrected chi connectivity index (χ0v) is 11.4. The van der Waals surface area contributed by atoms with Crippen LogP contribution < -0.4 is 5.73 Å². The van der Waals surface area contributed by atoms with E-state index in [-0.39, 0.29) is 11.8 Å². The van der Waals surface area contributed by atoms with Crippen LogP contribution in [0.3, 0.4) is 0 Å². The van der Waals surface area contributed by atoms with Gasteiger partial charge in [0.2, 0.25) is 0 Å². The number of carbonyl (C=O) groups is 1. The lowest BCUT2D eigenvalue weighted by Gasteiger charge is -2.31. The zero-order valence-electron chi connectivity index (χ0n) is 11.4. The summed E-state index contributed by atoms with van der Waals surface area (Å²) in [5.41, 5.74) is 7.57. The maximum absolute atomic E-state index is 12.9. The van der Waals surface area contributed by atoms with E-state index in [1.807, 2.05) is 25.1 Å². The lowest BCUT2D eigenvalue weighted by molar-refractivity contribution is 0.0765. The van der Waals surface area contributed by atoms with Gasteiger partial charge in [0.05, 0.1) is 18.6 Å². The average Bonchev–Trinajstić information content (AvgIpc) is 2.69. The summed E-state index contributed by atoms with van der Waals surface area (Å²) in [6.45, 7) is 2.85. The number of carbonyl (C=O) groups excluding carboxylic acids is 1. The maximum atomic E-state index is 12.9. The van der Waals surface area contributed by atoms with Crippen LogP contribution in [0.25, 0.3) is 0 Å². The summed E-state index contributed by atoms with van der Waals surface area (Å²) in [5, 5.41) is 0. The van der Waals surface area contributed by atoms with Crippen molar-refractivity contribution < 1.29 is 9.53 Å². The number of hydrogen-bond acceptors (Lipinski definition) is 3. The van der Waals surface area contributed by atoms with Crippen LogP contribution in [0, 0.1) is 5.41 Å². The highest BCUT2D eigenvalue weighted by atomic mass is 16.5. The largest absolute Gasteiger partial charge is 0.379 e. The SMILES string of the molecule is CC1(C(=O)c2ccccc2C2CCC2)COCC1N. The highest BCUT2D eigenvalue weighted by Gasteiger charge is 2.45. The third-order valence-corrected chi connectivity index (χ3v) is 4.79. The van der Waals surface area contributed by atoms with Crippen LogP contribution in [0.1, 0.15) is 48.0 Å². The van der Waals surface area contributed by atoms with Crippen molar-refractivity contribution in [2.24, 2.45) is 11.1 Å². The lowest BCUT2D eigenvalue weighted by Crippen LogP contribution is -2.44. The Morgan fingerprint density at radius 2 is 2.11 bits per heavy atom. The predicted octanol–water partition coefficient (Wildman–Crippen LogP) is 2.50. The van der Waals surface area contributed by atoms with E-state index in [4.69, 9.17) is 10.5 Å². The van der Waals surface area contributed by atoms with E-state index in [0.717, 1.165) is 5.56 Å². The Kier molecular flexibility index (Phi) is 3.19. The van der Waals surface area contributed by atoms with Crippen LogP contribution in [0.5, 0.6) is 0 Å². The fourth-order valence-electron chi connectivity index (χ4n) is 3.01. The molecule has 1 aromatic rings. The number of nitrogens with two attached hydrogens (primary N) is 1. The number of rotatable bonds is 3. The molecular formula is C16H21NO2. The molecule has 0 aromatic heterocycles. The van der Waals surface area contributed by atoms with Gasteiger partial charge < -0.3 is 10.5 Å². The summed E-state index contributed by atoms with van der Waals surface area (Å²) in [6.07, 6.45) is 3.67. The summed E-state index contributed by atoms with van der Waals surface area (Å²) in [5.74, 6) is 0.710. The van der Waals surface area contributed by atoms with Gasteiger partial charge in [0.25, 0.3) is 0 Å². The molecule has 2 unspecified atom stereocenters. The minimum Gasteiger partial charge on any atom is -0.379 e. The minimum atomic E-state index is -0.570. The Morgan fingerprint density at radius 1 is 1.37 bits per heavy atom. The van der Waals surface area contributed by atoms with Crippen LogP contribution in [0.4, 0.5) is 0 Å². The first kappa shape index (κ1) is 12.8. The Hall–Kier alpha value is -1.19. The van der Waals surface area contributed by atoms with Gasteiger partial charge in [-0.05, 0) is 31.2 Å². The van der Waals surface area contributed by atoms with E-state index in [9.17, 15) is 4.79 Å². The smallest absolute Gasteiger partial charge is 0.172 e. The molecule has 1 heterocycles. The minimum absolute atomic E-state index is 0.153. The van der Waals surface area contributed by atoms with E-state index in [0.29, 0.717) is 19.1 Å². The Bertz CT molecular complexity index is 495. The van der Waals surface area contributed by atoms with Gasteiger partial charge in [-0.1, -0.05) is 30.7 Å². The number of ketones is 1. The molecule has 0 amide bonds. The van der Waals surface area contributed by atoms with Crippen LogP contribution in [0.15, 0.2) is 24.3 Å². The molecular weight excluding hydrogens is 238 g/mol. The van der Waals surface area contributed by atoms with E-state index in [2.05, 4.69) is 6.07 Å². The molecule has 1 saturated carbocycles. The molecule has 0 spiro atoms. The molecule has 1 aromatic carbocycles. The normalized spacial score (nSPS) is 31.2. The van der Waals surface area contributed by atoms with Crippen molar-refractivity contribution in [1.29, 1.82) is 0 Å². The monoisotopic (exact) mass is 259 g/mol. The first-order chi connectivity index (χ1) is 9.13.